The number of benzene rings is 1. The lowest BCUT2D eigenvalue weighted by molar-refractivity contribution is 0.0960. The average molecular weight is 277 g/mol. The minimum atomic E-state index is -0.240. The van der Waals surface area contributed by atoms with Crippen molar-refractivity contribution in [2.75, 3.05) is 0 Å². The third-order valence-electron chi connectivity index (χ3n) is 2.60. The second-order valence-corrected chi connectivity index (χ2v) is 4.35. The Kier molecular flexibility index (Phi) is 1.88. The van der Waals surface area contributed by atoms with E-state index in [1.54, 1.807) is 24.3 Å². The maximum atomic E-state index is 12.1. The minimum Gasteiger partial charge on any atom is -0.459 e. The van der Waals surface area contributed by atoms with Crippen LogP contribution in [0.4, 0.5) is 0 Å². The van der Waals surface area contributed by atoms with Crippen LogP contribution in [0.5, 0.6) is 0 Å². The molecular formula is C12H5BrO3. The molecule has 0 spiro atoms. The van der Waals surface area contributed by atoms with Crippen molar-refractivity contribution >= 4 is 27.5 Å². The Morgan fingerprint density at radius 1 is 1.00 bits per heavy atom. The van der Waals surface area contributed by atoms with Crippen molar-refractivity contribution < 1.29 is 14.0 Å². The standard InChI is InChI=1S/C12H5BrO3/c13-8-5-16-12-9(8)10(14)6-3-1-2-4-7(6)11(12)15/h1-5H. The van der Waals surface area contributed by atoms with Crippen LogP contribution in [0.25, 0.3) is 0 Å². The number of fused-ring (bicyclic) bond motifs is 2. The van der Waals surface area contributed by atoms with E-state index >= 15 is 0 Å². The smallest absolute Gasteiger partial charge is 0.229 e. The molecule has 78 valence electrons. The van der Waals surface area contributed by atoms with Gasteiger partial charge in [-0.25, -0.2) is 0 Å². The number of ketones is 2. The summed E-state index contributed by atoms with van der Waals surface area (Å²) in [6.45, 7) is 0. The highest BCUT2D eigenvalue weighted by Crippen LogP contribution is 2.33. The van der Waals surface area contributed by atoms with Crippen LogP contribution >= 0.6 is 15.9 Å². The second kappa shape index (κ2) is 3.15. The van der Waals surface area contributed by atoms with E-state index < -0.39 is 0 Å². The molecule has 0 atom stereocenters. The molecule has 3 nitrogen and oxygen atoms in total. The first-order valence-corrected chi connectivity index (χ1v) is 5.45. The number of halogens is 1. The van der Waals surface area contributed by atoms with Gasteiger partial charge in [-0.05, 0) is 15.9 Å². The Labute approximate surface area is 99.2 Å². The Morgan fingerprint density at radius 3 is 2.31 bits per heavy atom. The van der Waals surface area contributed by atoms with Crippen LogP contribution in [0.15, 0.2) is 39.4 Å². The summed E-state index contributed by atoms with van der Waals surface area (Å²) in [5.74, 6) is -0.294. The number of hydrogen-bond donors (Lipinski definition) is 0. The molecule has 0 bridgehead atoms. The zero-order valence-corrected chi connectivity index (χ0v) is 9.58. The highest BCUT2D eigenvalue weighted by molar-refractivity contribution is 9.10. The van der Waals surface area contributed by atoms with E-state index in [9.17, 15) is 9.59 Å². The van der Waals surface area contributed by atoms with Crippen molar-refractivity contribution in [2.45, 2.75) is 0 Å². The highest BCUT2D eigenvalue weighted by Gasteiger charge is 2.34. The fourth-order valence-corrected chi connectivity index (χ4v) is 2.31. The summed E-state index contributed by atoms with van der Waals surface area (Å²) in [6.07, 6.45) is 1.37. The molecule has 1 heterocycles. The molecule has 1 aliphatic carbocycles. The summed E-state index contributed by atoms with van der Waals surface area (Å²) < 4.78 is 5.63. The SMILES string of the molecule is O=C1c2ccccc2C(=O)c2c(Br)coc21. The lowest BCUT2D eigenvalue weighted by Crippen LogP contribution is -2.19. The zero-order valence-electron chi connectivity index (χ0n) is 7.99. The van der Waals surface area contributed by atoms with Crippen LogP contribution in [0.1, 0.15) is 32.0 Å². The second-order valence-electron chi connectivity index (χ2n) is 3.49. The highest BCUT2D eigenvalue weighted by atomic mass is 79.9. The third-order valence-corrected chi connectivity index (χ3v) is 3.18. The van der Waals surface area contributed by atoms with Gasteiger partial charge in [0.15, 0.2) is 11.5 Å². The quantitative estimate of drug-likeness (QED) is 0.634. The number of carbonyl (C=O) groups is 2. The van der Waals surface area contributed by atoms with Gasteiger partial charge in [0, 0.05) is 11.1 Å². The Morgan fingerprint density at radius 2 is 1.62 bits per heavy atom. The number of hydrogen-bond acceptors (Lipinski definition) is 3. The van der Waals surface area contributed by atoms with E-state index in [-0.39, 0.29) is 17.3 Å². The molecule has 16 heavy (non-hydrogen) atoms. The molecule has 0 aliphatic heterocycles. The van der Waals surface area contributed by atoms with Crippen LogP contribution in [0, 0.1) is 0 Å². The maximum Gasteiger partial charge on any atom is 0.229 e. The van der Waals surface area contributed by atoms with Gasteiger partial charge in [-0.1, -0.05) is 24.3 Å². The summed E-state index contributed by atoms with van der Waals surface area (Å²) >= 11 is 3.20. The van der Waals surface area contributed by atoms with Crippen LogP contribution in [-0.2, 0) is 0 Å². The molecule has 0 fully saturated rings. The molecule has 1 aromatic heterocycles. The van der Waals surface area contributed by atoms with E-state index in [2.05, 4.69) is 15.9 Å². The van der Waals surface area contributed by atoms with Crippen LogP contribution < -0.4 is 0 Å². The maximum absolute atomic E-state index is 12.1. The van der Waals surface area contributed by atoms with Gasteiger partial charge < -0.3 is 4.42 Å². The van der Waals surface area contributed by atoms with Crippen LogP contribution in [-0.4, -0.2) is 11.6 Å². The van der Waals surface area contributed by atoms with Crippen molar-refractivity contribution in [1.82, 2.24) is 0 Å². The van der Waals surface area contributed by atoms with Gasteiger partial charge in [0.25, 0.3) is 0 Å². The number of furan rings is 1. The molecule has 0 amide bonds. The van der Waals surface area contributed by atoms with E-state index in [1.807, 2.05) is 0 Å². The predicted octanol–water partition coefficient (Wildman–Crippen LogP) is 2.82. The first-order valence-electron chi connectivity index (χ1n) is 4.65. The first kappa shape index (κ1) is 9.54. The van der Waals surface area contributed by atoms with Gasteiger partial charge in [-0.2, -0.15) is 0 Å². The molecule has 3 rings (SSSR count). The van der Waals surface area contributed by atoms with E-state index in [0.29, 0.717) is 21.2 Å². The van der Waals surface area contributed by atoms with Gasteiger partial charge in [-0.3, -0.25) is 9.59 Å². The van der Waals surface area contributed by atoms with Crippen molar-refractivity contribution in [1.29, 1.82) is 0 Å². The zero-order chi connectivity index (χ0) is 11.3. The number of rotatable bonds is 0. The van der Waals surface area contributed by atoms with E-state index in [1.165, 1.54) is 6.26 Å². The van der Waals surface area contributed by atoms with E-state index in [4.69, 9.17) is 4.42 Å². The topological polar surface area (TPSA) is 47.3 Å². The fraction of sp³-hybridized carbons (Fsp3) is 0. The fourth-order valence-electron chi connectivity index (χ4n) is 1.85. The average Bonchev–Trinajstić information content (AvgIpc) is 2.69. The van der Waals surface area contributed by atoms with Crippen molar-refractivity contribution in [3.05, 3.63) is 57.5 Å². The van der Waals surface area contributed by atoms with Crippen LogP contribution in [0.2, 0.25) is 0 Å². The van der Waals surface area contributed by atoms with Gasteiger partial charge in [0.05, 0.1) is 10.0 Å². The first-order chi connectivity index (χ1) is 7.70. The Balaban J connectivity index is 2.36. The molecule has 0 radical (unpaired) electrons. The molecule has 0 saturated heterocycles. The normalized spacial score (nSPS) is 13.6. The van der Waals surface area contributed by atoms with Crippen molar-refractivity contribution in [3.63, 3.8) is 0 Å². The van der Waals surface area contributed by atoms with E-state index in [0.717, 1.165) is 0 Å². The minimum absolute atomic E-state index is 0.121. The molecule has 0 N–H and O–H groups in total. The molecule has 4 heteroatoms. The van der Waals surface area contributed by atoms with Gasteiger partial charge in [0.1, 0.15) is 6.26 Å². The van der Waals surface area contributed by atoms with Crippen molar-refractivity contribution in [2.24, 2.45) is 0 Å². The largest absolute Gasteiger partial charge is 0.459 e. The van der Waals surface area contributed by atoms with Gasteiger partial charge in [0.2, 0.25) is 5.78 Å². The summed E-state index contributed by atoms with van der Waals surface area (Å²) in [5.41, 5.74) is 1.16. The Bertz CT molecular complexity index is 625. The summed E-state index contributed by atoms with van der Waals surface area (Å²) in [7, 11) is 0. The summed E-state index contributed by atoms with van der Waals surface area (Å²) in [6, 6.07) is 6.75. The van der Waals surface area contributed by atoms with Crippen LogP contribution in [0.3, 0.4) is 0 Å². The third kappa shape index (κ3) is 1.08. The van der Waals surface area contributed by atoms with Gasteiger partial charge in [-0.15, -0.1) is 0 Å². The predicted molar refractivity (Wildman–Crippen MR) is 59.7 cm³/mol. The molecular weight excluding hydrogens is 272 g/mol. The number of carbonyl (C=O) groups excluding carboxylic acids is 2. The molecule has 0 saturated carbocycles. The van der Waals surface area contributed by atoms with Gasteiger partial charge >= 0.3 is 0 Å². The lowest BCUT2D eigenvalue weighted by Gasteiger charge is -2.12. The monoisotopic (exact) mass is 276 g/mol. The summed E-state index contributed by atoms with van der Waals surface area (Å²) in [5, 5.41) is 0. The lowest BCUT2D eigenvalue weighted by atomic mass is 9.89. The molecule has 2 aromatic rings. The molecule has 1 aromatic carbocycles. The molecule has 0 unspecified atom stereocenters. The Hall–Kier alpha value is -1.68. The van der Waals surface area contributed by atoms with Crippen molar-refractivity contribution in [3.8, 4) is 0 Å². The molecule has 1 aliphatic rings. The summed E-state index contributed by atoms with van der Waals surface area (Å²) in [4.78, 5) is 24.1.